The Bertz CT molecular complexity index is 683. The normalized spacial score (nSPS) is 15.0. The molecule has 1 aliphatic rings. The Kier molecular flexibility index (Phi) is 5.91. The van der Waals surface area contributed by atoms with Gasteiger partial charge in [0.05, 0.1) is 5.41 Å². The van der Waals surface area contributed by atoms with E-state index in [1.54, 1.807) is 0 Å². The molecule has 0 radical (unpaired) electrons. The van der Waals surface area contributed by atoms with Crippen LogP contribution in [-0.2, 0) is 5.41 Å². The molecule has 0 heteroatoms. The van der Waals surface area contributed by atoms with Gasteiger partial charge in [0, 0.05) is 0 Å². The molecule has 25 heavy (non-hydrogen) atoms. The second kappa shape index (κ2) is 8.34. The number of hydrogen-bond acceptors (Lipinski definition) is 0. The lowest BCUT2D eigenvalue weighted by Gasteiger charge is -2.25. The van der Waals surface area contributed by atoms with Gasteiger partial charge in [-0.1, -0.05) is 112 Å². The zero-order valence-electron chi connectivity index (χ0n) is 15.7. The fourth-order valence-corrected chi connectivity index (χ4v) is 3.90. The molecule has 0 spiro atoms. The highest BCUT2D eigenvalue weighted by atomic mass is 14.4. The molecule has 0 atom stereocenters. The van der Waals surface area contributed by atoms with E-state index in [0.717, 1.165) is 12.8 Å². The summed E-state index contributed by atoms with van der Waals surface area (Å²) in [5.41, 5.74) is 5.53. The minimum absolute atomic E-state index is 0.103. The third-order valence-corrected chi connectivity index (χ3v) is 5.25. The number of fused-ring (bicyclic) bond motifs is 3. The first-order chi connectivity index (χ1) is 12.3. The van der Waals surface area contributed by atoms with Crippen LogP contribution in [0.5, 0.6) is 0 Å². The lowest BCUT2D eigenvalue weighted by atomic mass is 9.77. The molecule has 0 amide bonds. The fourth-order valence-electron chi connectivity index (χ4n) is 3.90. The van der Waals surface area contributed by atoms with E-state index in [4.69, 9.17) is 0 Å². The van der Waals surface area contributed by atoms with Crippen LogP contribution < -0.4 is 0 Å². The van der Waals surface area contributed by atoms with Gasteiger partial charge in [-0.2, -0.15) is 0 Å². The summed E-state index contributed by atoms with van der Waals surface area (Å²) >= 11 is 0. The lowest BCUT2D eigenvalue weighted by Crippen LogP contribution is -2.19. The molecular weight excluding hydrogens is 300 g/mol. The Morgan fingerprint density at radius 3 is 1.56 bits per heavy atom. The molecule has 1 aliphatic carbocycles. The Morgan fingerprint density at radius 1 is 0.680 bits per heavy atom. The van der Waals surface area contributed by atoms with Crippen LogP contribution >= 0.6 is 0 Å². The molecule has 3 rings (SSSR count). The van der Waals surface area contributed by atoms with E-state index in [-0.39, 0.29) is 5.41 Å². The molecular formula is C25H30. The van der Waals surface area contributed by atoms with Gasteiger partial charge in [0.1, 0.15) is 0 Å². The number of hydrogen-bond donors (Lipinski definition) is 0. The first kappa shape index (κ1) is 17.7. The Hall–Kier alpha value is -2.08. The van der Waals surface area contributed by atoms with Crippen LogP contribution in [0.25, 0.3) is 11.1 Å². The maximum Gasteiger partial charge on any atom is 0.0574 e. The summed E-state index contributed by atoms with van der Waals surface area (Å²) < 4.78 is 0. The van der Waals surface area contributed by atoms with Crippen molar-refractivity contribution in [2.24, 2.45) is 0 Å². The molecule has 2 aromatic carbocycles. The molecule has 0 bridgehead atoms. The number of benzene rings is 2. The van der Waals surface area contributed by atoms with Crippen LogP contribution in [0.2, 0.25) is 0 Å². The average Bonchev–Trinajstić information content (AvgIpc) is 2.94. The number of rotatable bonds is 8. The summed E-state index contributed by atoms with van der Waals surface area (Å²) in [4.78, 5) is 0. The monoisotopic (exact) mass is 330 g/mol. The van der Waals surface area contributed by atoms with Gasteiger partial charge in [0.25, 0.3) is 0 Å². The van der Waals surface area contributed by atoms with Gasteiger partial charge in [-0.25, -0.2) is 0 Å². The van der Waals surface area contributed by atoms with Crippen LogP contribution in [0.3, 0.4) is 0 Å². The minimum Gasteiger partial charge on any atom is -0.0870 e. The van der Waals surface area contributed by atoms with Crippen molar-refractivity contribution in [1.82, 2.24) is 0 Å². The minimum atomic E-state index is -0.103. The summed E-state index contributed by atoms with van der Waals surface area (Å²) in [6.07, 6.45) is 17.0. The first-order valence-electron chi connectivity index (χ1n) is 9.88. The van der Waals surface area contributed by atoms with Crippen LogP contribution in [0.4, 0.5) is 0 Å². The number of allylic oxidation sites excluding steroid dienone is 4. The van der Waals surface area contributed by atoms with E-state index < -0.39 is 0 Å². The molecule has 0 nitrogen and oxygen atoms in total. The van der Waals surface area contributed by atoms with Gasteiger partial charge < -0.3 is 0 Å². The Morgan fingerprint density at radius 2 is 1.12 bits per heavy atom. The van der Waals surface area contributed by atoms with Crippen LogP contribution in [0.15, 0.2) is 72.8 Å². The molecule has 0 aromatic heterocycles. The second-order valence-corrected chi connectivity index (χ2v) is 7.05. The standard InChI is InChI=1S/C25H30/c1-3-5-7-13-19-25(20-14-8-6-4-2)23-17-11-9-15-21(23)22-16-10-12-18-24(22)25/h9-20H,3-8H2,1-2H3. The zero-order chi connectivity index (χ0) is 17.5. The summed E-state index contributed by atoms with van der Waals surface area (Å²) in [6.45, 7) is 4.52. The Labute approximate surface area is 153 Å². The smallest absolute Gasteiger partial charge is 0.0574 e. The van der Waals surface area contributed by atoms with E-state index >= 15 is 0 Å². The molecule has 0 N–H and O–H groups in total. The predicted octanol–water partition coefficient (Wildman–Crippen LogP) is 7.45. The van der Waals surface area contributed by atoms with E-state index in [1.165, 1.54) is 47.9 Å². The van der Waals surface area contributed by atoms with Crippen molar-refractivity contribution >= 4 is 0 Å². The van der Waals surface area contributed by atoms with Gasteiger partial charge >= 0.3 is 0 Å². The third-order valence-electron chi connectivity index (χ3n) is 5.25. The summed E-state index contributed by atoms with van der Waals surface area (Å²) in [5.74, 6) is 0. The molecule has 0 saturated heterocycles. The van der Waals surface area contributed by atoms with Crippen molar-refractivity contribution in [1.29, 1.82) is 0 Å². The summed E-state index contributed by atoms with van der Waals surface area (Å²) in [5, 5.41) is 0. The van der Waals surface area contributed by atoms with Gasteiger partial charge in [0.2, 0.25) is 0 Å². The molecule has 0 saturated carbocycles. The Balaban J connectivity index is 2.09. The molecule has 2 aromatic rings. The maximum atomic E-state index is 2.45. The van der Waals surface area contributed by atoms with Crippen molar-refractivity contribution in [3.05, 3.63) is 84.0 Å². The topological polar surface area (TPSA) is 0 Å². The van der Waals surface area contributed by atoms with E-state index in [9.17, 15) is 0 Å². The highest BCUT2D eigenvalue weighted by molar-refractivity contribution is 5.83. The van der Waals surface area contributed by atoms with Crippen molar-refractivity contribution in [3.8, 4) is 11.1 Å². The van der Waals surface area contributed by atoms with Crippen molar-refractivity contribution in [3.63, 3.8) is 0 Å². The van der Waals surface area contributed by atoms with E-state index in [1.807, 2.05) is 0 Å². The zero-order valence-corrected chi connectivity index (χ0v) is 15.7. The SMILES string of the molecule is CCCCC=CC1(C=CCCCC)c2ccccc2-c2ccccc21. The van der Waals surface area contributed by atoms with Gasteiger partial charge in [0.15, 0.2) is 0 Å². The van der Waals surface area contributed by atoms with E-state index in [2.05, 4.69) is 86.7 Å². The first-order valence-corrected chi connectivity index (χ1v) is 9.88. The molecule has 0 aliphatic heterocycles. The quantitative estimate of drug-likeness (QED) is 0.348. The maximum absolute atomic E-state index is 2.45. The van der Waals surface area contributed by atoms with E-state index in [0.29, 0.717) is 0 Å². The molecule has 130 valence electrons. The third kappa shape index (κ3) is 3.49. The van der Waals surface area contributed by atoms with Crippen molar-refractivity contribution < 1.29 is 0 Å². The average molecular weight is 331 g/mol. The van der Waals surface area contributed by atoms with Gasteiger partial charge in [-0.3, -0.25) is 0 Å². The van der Waals surface area contributed by atoms with Crippen LogP contribution in [0.1, 0.15) is 63.5 Å². The fraction of sp³-hybridized carbons (Fsp3) is 0.360. The van der Waals surface area contributed by atoms with Crippen LogP contribution in [-0.4, -0.2) is 0 Å². The molecule has 0 heterocycles. The highest BCUT2D eigenvalue weighted by Crippen LogP contribution is 2.50. The van der Waals surface area contributed by atoms with Crippen molar-refractivity contribution in [2.75, 3.05) is 0 Å². The van der Waals surface area contributed by atoms with Gasteiger partial charge in [-0.05, 0) is 35.1 Å². The highest BCUT2D eigenvalue weighted by Gasteiger charge is 2.38. The predicted molar refractivity (Wildman–Crippen MR) is 110 cm³/mol. The molecule has 0 unspecified atom stereocenters. The largest absolute Gasteiger partial charge is 0.0870 e. The number of unbranched alkanes of at least 4 members (excludes halogenated alkanes) is 4. The summed E-state index contributed by atoms with van der Waals surface area (Å²) in [7, 11) is 0. The summed E-state index contributed by atoms with van der Waals surface area (Å²) in [6, 6.07) is 17.8. The molecule has 0 fully saturated rings. The van der Waals surface area contributed by atoms with Gasteiger partial charge in [-0.15, -0.1) is 0 Å². The lowest BCUT2D eigenvalue weighted by molar-refractivity contribution is 0.779. The van der Waals surface area contributed by atoms with Crippen molar-refractivity contribution in [2.45, 2.75) is 57.8 Å². The second-order valence-electron chi connectivity index (χ2n) is 7.05. The van der Waals surface area contributed by atoms with Crippen LogP contribution in [0, 0.1) is 0 Å².